The van der Waals surface area contributed by atoms with Crippen molar-refractivity contribution in [3.8, 4) is 23.3 Å². The number of halogens is 4. The van der Waals surface area contributed by atoms with E-state index in [-0.39, 0.29) is 17.4 Å². The number of ether oxygens (including phenoxy) is 1. The highest BCUT2D eigenvalue weighted by Crippen LogP contribution is 2.48. The molecule has 5 aromatic heterocycles. The van der Waals surface area contributed by atoms with Crippen LogP contribution in [0.15, 0.2) is 18.7 Å². The number of hydrogen-bond acceptors (Lipinski definition) is 7. The minimum absolute atomic E-state index is 0.0367. The van der Waals surface area contributed by atoms with Gasteiger partial charge in [-0.05, 0) is 6.92 Å². The molecule has 0 amide bonds. The summed E-state index contributed by atoms with van der Waals surface area (Å²) in [5.74, 6) is 0.184. The minimum Gasteiger partial charge on any atom is -0.418 e. The minimum atomic E-state index is -4.72. The Balaban J connectivity index is 1.60. The Morgan fingerprint density at radius 1 is 1.15 bits per heavy atom. The lowest BCUT2D eigenvalue weighted by Gasteiger charge is -2.24. The van der Waals surface area contributed by atoms with Crippen molar-refractivity contribution in [1.29, 1.82) is 0 Å². The molecule has 34 heavy (non-hydrogen) atoms. The summed E-state index contributed by atoms with van der Waals surface area (Å²) in [6.45, 7) is 1.86. The van der Waals surface area contributed by atoms with E-state index in [1.807, 2.05) is 13.1 Å². The van der Waals surface area contributed by atoms with Gasteiger partial charge >= 0.3 is 6.18 Å². The van der Waals surface area contributed by atoms with Crippen LogP contribution in [-0.4, -0.2) is 49.3 Å². The highest BCUT2D eigenvalue weighted by molar-refractivity contribution is 6.33. The summed E-state index contributed by atoms with van der Waals surface area (Å²) in [5.41, 5.74) is 2.02. The van der Waals surface area contributed by atoms with Crippen LogP contribution in [0.25, 0.3) is 17.2 Å². The Labute approximate surface area is 193 Å². The zero-order chi connectivity index (χ0) is 23.9. The third kappa shape index (κ3) is 2.84. The van der Waals surface area contributed by atoms with Gasteiger partial charge in [-0.25, -0.2) is 14.5 Å². The fraction of sp³-hybridized carbons (Fsp3) is 0.263. The van der Waals surface area contributed by atoms with Crippen LogP contribution in [-0.2, 0) is 20.3 Å². The number of aromatic nitrogens is 10. The number of rotatable bonds is 2. The number of alkyl halides is 3. The van der Waals surface area contributed by atoms with Crippen molar-refractivity contribution < 1.29 is 17.9 Å². The molecule has 0 saturated heterocycles. The summed E-state index contributed by atoms with van der Waals surface area (Å²) in [6.07, 6.45) is 0.209. The molecule has 0 aromatic carbocycles. The summed E-state index contributed by atoms with van der Waals surface area (Å²) < 4.78 is 49.9. The van der Waals surface area contributed by atoms with Crippen LogP contribution >= 0.6 is 11.6 Å². The molecule has 1 aliphatic rings. The molecule has 1 atom stereocenters. The van der Waals surface area contributed by atoms with Gasteiger partial charge in [0.15, 0.2) is 11.3 Å². The predicted octanol–water partition coefficient (Wildman–Crippen LogP) is 3.25. The molecule has 5 aromatic rings. The van der Waals surface area contributed by atoms with Gasteiger partial charge in [-0.3, -0.25) is 14.5 Å². The lowest BCUT2D eigenvalue weighted by molar-refractivity contribution is -0.141. The van der Waals surface area contributed by atoms with Gasteiger partial charge in [-0.1, -0.05) is 11.6 Å². The van der Waals surface area contributed by atoms with E-state index in [0.29, 0.717) is 17.1 Å². The Morgan fingerprint density at radius 3 is 2.62 bits per heavy atom. The molecular weight excluding hydrogens is 477 g/mol. The Hall–Kier alpha value is -3.94. The average Bonchev–Trinajstić information content (AvgIpc) is 3.52. The summed E-state index contributed by atoms with van der Waals surface area (Å²) in [7, 11) is 3.14. The highest BCUT2D eigenvalue weighted by atomic mass is 35.5. The van der Waals surface area contributed by atoms with E-state index in [4.69, 9.17) is 16.3 Å². The summed E-state index contributed by atoms with van der Waals surface area (Å²) in [6, 6.07) is 0. The Kier molecular flexibility index (Phi) is 4.12. The third-order valence-electron chi connectivity index (χ3n) is 5.65. The van der Waals surface area contributed by atoms with E-state index < -0.39 is 22.8 Å². The van der Waals surface area contributed by atoms with Gasteiger partial charge in [0.2, 0.25) is 17.6 Å². The van der Waals surface area contributed by atoms with Crippen LogP contribution in [0.5, 0.6) is 11.8 Å². The first-order valence-corrected chi connectivity index (χ1v) is 10.3. The molecule has 174 valence electrons. The standard InChI is InChI=1S/C19H14ClF3N10O/c1-7-9-10(8-4-25-31(2)5-8)11-16-26-15(13-12(20)14(19(21,22)23)29-32(13)3)30-33(16)6-24-17(11)34-18(9)28-27-7/h4-6,10H,1-3H3,(H,27,28)/t10-/m1/s1. The molecule has 1 N–H and O–H groups in total. The number of nitrogens with one attached hydrogen (secondary N) is 1. The molecule has 15 heteroatoms. The van der Waals surface area contributed by atoms with Crippen molar-refractivity contribution in [2.75, 3.05) is 0 Å². The molecule has 11 nitrogen and oxygen atoms in total. The van der Waals surface area contributed by atoms with E-state index in [1.165, 1.54) is 17.9 Å². The molecule has 6 heterocycles. The fourth-order valence-corrected chi connectivity index (χ4v) is 4.56. The van der Waals surface area contributed by atoms with Crippen molar-refractivity contribution in [2.45, 2.75) is 19.0 Å². The van der Waals surface area contributed by atoms with E-state index in [0.717, 1.165) is 21.5 Å². The first kappa shape index (κ1) is 20.7. The van der Waals surface area contributed by atoms with Gasteiger partial charge in [0.05, 0.1) is 17.7 Å². The molecule has 0 bridgehead atoms. The van der Waals surface area contributed by atoms with Gasteiger partial charge in [-0.2, -0.15) is 23.4 Å². The molecule has 0 aliphatic carbocycles. The number of nitrogens with zero attached hydrogens (tertiary/aromatic N) is 9. The molecule has 6 rings (SSSR count). The van der Waals surface area contributed by atoms with Crippen molar-refractivity contribution >= 4 is 17.2 Å². The van der Waals surface area contributed by atoms with Crippen LogP contribution in [0, 0.1) is 6.92 Å². The monoisotopic (exact) mass is 490 g/mol. The quantitative estimate of drug-likeness (QED) is 0.396. The topological polar surface area (TPSA) is 117 Å². The summed E-state index contributed by atoms with van der Waals surface area (Å²) in [4.78, 5) is 8.90. The number of aryl methyl sites for hydroxylation is 3. The molecule has 1 aliphatic heterocycles. The van der Waals surface area contributed by atoms with Crippen molar-refractivity contribution in [1.82, 2.24) is 49.3 Å². The smallest absolute Gasteiger partial charge is 0.418 e. The molecule has 0 radical (unpaired) electrons. The van der Waals surface area contributed by atoms with Crippen molar-refractivity contribution in [2.24, 2.45) is 14.1 Å². The maximum Gasteiger partial charge on any atom is 0.436 e. The number of aromatic amines is 1. The normalized spacial score (nSPS) is 15.4. The number of fused-ring (bicyclic) bond motifs is 4. The van der Waals surface area contributed by atoms with E-state index in [2.05, 4.69) is 35.5 Å². The Morgan fingerprint density at radius 2 is 1.94 bits per heavy atom. The van der Waals surface area contributed by atoms with Crippen molar-refractivity contribution in [3.05, 3.63) is 51.8 Å². The average molecular weight is 491 g/mol. The second-order valence-electron chi connectivity index (χ2n) is 7.85. The zero-order valence-electron chi connectivity index (χ0n) is 17.8. The summed E-state index contributed by atoms with van der Waals surface area (Å²) in [5, 5.41) is 18.7. The zero-order valence-corrected chi connectivity index (χ0v) is 18.5. The SMILES string of the molecule is Cc1[nH]nc2c1[C@@H](c1cnn(C)c1)c1c(ncn3nc(-c4c(Cl)c(C(F)(F)F)nn4C)nc13)O2. The third-order valence-corrected chi connectivity index (χ3v) is 6.00. The largest absolute Gasteiger partial charge is 0.436 e. The molecule has 0 fully saturated rings. The van der Waals surface area contributed by atoms with Crippen molar-refractivity contribution in [3.63, 3.8) is 0 Å². The maximum atomic E-state index is 13.3. The van der Waals surface area contributed by atoms with Gasteiger partial charge in [0, 0.05) is 37.1 Å². The molecular formula is C19H14ClF3N10O. The van der Waals surface area contributed by atoms with Crippen LogP contribution in [0.2, 0.25) is 5.02 Å². The van der Waals surface area contributed by atoms with Crippen LogP contribution in [0.1, 0.15) is 34.0 Å². The predicted molar refractivity (Wildman–Crippen MR) is 111 cm³/mol. The highest BCUT2D eigenvalue weighted by Gasteiger charge is 2.40. The van der Waals surface area contributed by atoms with Gasteiger partial charge in [0.1, 0.15) is 17.0 Å². The number of hydrogen-bond donors (Lipinski definition) is 1. The fourth-order valence-electron chi connectivity index (χ4n) is 4.21. The van der Waals surface area contributed by atoms with Gasteiger partial charge in [0.25, 0.3) is 0 Å². The Bertz CT molecular complexity index is 1590. The van der Waals surface area contributed by atoms with E-state index >= 15 is 0 Å². The molecule has 0 saturated carbocycles. The van der Waals surface area contributed by atoms with E-state index in [9.17, 15) is 13.2 Å². The lowest BCUT2D eigenvalue weighted by Crippen LogP contribution is -2.14. The molecule has 0 spiro atoms. The first-order chi connectivity index (χ1) is 16.1. The van der Waals surface area contributed by atoms with Crippen LogP contribution < -0.4 is 4.74 Å². The maximum absolute atomic E-state index is 13.3. The van der Waals surface area contributed by atoms with Crippen LogP contribution in [0.4, 0.5) is 13.2 Å². The second-order valence-corrected chi connectivity index (χ2v) is 8.23. The van der Waals surface area contributed by atoms with Gasteiger partial charge < -0.3 is 4.74 Å². The van der Waals surface area contributed by atoms with E-state index in [1.54, 1.807) is 17.9 Å². The first-order valence-electron chi connectivity index (χ1n) is 9.90. The van der Waals surface area contributed by atoms with Gasteiger partial charge in [-0.15, -0.1) is 10.2 Å². The summed E-state index contributed by atoms with van der Waals surface area (Å²) >= 11 is 6.06. The molecule has 0 unspecified atom stereocenters. The van der Waals surface area contributed by atoms with Crippen LogP contribution in [0.3, 0.4) is 0 Å². The number of H-pyrrole nitrogens is 1. The lowest BCUT2D eigenvalue weighted by atomic mass is 9.86. The second kappa shape index (κ2) is 6.79.